The molecule has 0 fully saturated rings. The van der Waals surface area contributed by atoms with Gasteiger partial charge in [-0.1, -0.05) is 57.2 Å². The summed E-state index contributed by atoms with van der Waals surface area (Å²) in [7, 11) is 0. The second-order valence-electron chi connectivity index (χ2n) is 9.00. The van der Waals surface area contributed by atoms with E-state index in [1.54, 1.807) is 18.3 Å². The molecule has 2 aromatic carbocycles. The van der Waals surface area contributed by atoms with Gasteiger partial charge in [0, 0.05) is 5.56 Å². The number of carbonyl (C=O) groups is 1. The van der Waals surface area contributed by atoms with Crippen molar-refractivity contribution in [3.05, 3.63) is 84.7 Å². The van der Waals surface area contributed by atoms with Crippen molar-refractivity contribution in [2.24, 2.45) is 0 Å². The molecule has 1 aromatic heterocycles. The lowest BCUT2D eigenvalue weighted by Gasteiger charge is -2.08. The highest BCUT2D eigenvalue weighted by Gasteiger charge is 2.10. The highest BCUT2D eigenvalue weighted by Crippen LogP contribution is 2.22. The van der Waals surface area contributed by atoms with Gasteiger partial charge >= 0.3 is 5.97 Å². The van der Waals surface area contributed by atoms with Gasteiger partial charge in [-0.15, -0.1) is 6.58 Å². The van der Waals surface area contributed by atoms with Crippen LogP contribution in [0.1, 0.15) is 80.6 Å². The monoisotopic (exact) mass is 486 g/mol. The van der Waals surface area contributed by atoms with Crippen LogP contribution >= 0.6 is 0 Å². The van der Waals surface area contributed by atoms with Gasteiger partial charge in [-0.25, -0.2) is 14.8 Å². The molecule has 3 rings (SSSR count). The van der Waals surface area contributed by atoms with Crippen molar-refractivity contribution >= 4 is 5.97 Å². The van der Waals surface area contributed by atoms with E-state index in [-0.39, 0.29) is 5.88 Å². The van der Waals surface area contributed by atoms with Gasteiger partial charge in [0.05, 0.1) is 30.3 Å². The molecule has 0 saturated carbocycles. The first kappa shape index (κ1) is 27.1. The summed E-state index contributed by atoms with van der Waals surface area (Å²) in [6, 6.07) is 15.4. The number of aromatic nitrogens is 2. The molecule has 5 nitrogen and oxygen atoms in total. The van der Waals surface area contributed by atoms with Crippen LogP contribution in [0.15, 0.2) is 73.6 Å². The van der Waals surface area contributed by atoms with Crippen LogP contribution in [0.4, 0.5) is 0 Å². The number of allylic oxidation sites excluding steroid dienone is 1. The summed E-state index contributed by atoms with van der Waals surface area (Å²) in [6.07, 6.45) is 16.8. The minimum atomic E-state index is -0.442. The Balaban J connectivity index is 1.44. The molecule has 3 aromatic rings. The molecule has 36 heavy (non-hydrogen) atoms. The number of esters is 1. The van der Waals surface area contributed by atoms with E-state index in [0.717, 1.165) is 50.0 Å². The van der Waals surface area contributed by atoms with E-state index in [9.17, 15) is 4.79 Å². The van der Waals surface area contributed by atoms with Gasteiger partial charge in [0.15, 0.2) is 0 Å². The molecular formula is C31H38N2O3. The first-order valence-corrected chi connectivity index (χ1v) is 13.2. The molecule has 190 valence electrons. The van der Waals surface area contributed by atoms with Crippen LogP contribution in [0, 0.1) is 0 Å². The largest absolute Gasteiger partial charge is 0.494 e. The predicted octanol–water partition coefficient (Wildman–Crippen LogP) is 8.00. The Hall–Kier alpha value is -3.47. The molecule has 0 unspecified atom stereocenters. The van der Waals surface area contributed by atoms with E-state index in [1.165, 1.54) is 43.9 Å². The molecule has 5 heteroatoms. The van der Waals surface area contributed by atoms with E-state index in [1.807, 2.05) is 42.5 Å². The Morgan fingerprint density at radius 3 is 2.31 bits per heavy atom. The van der Waals surface area contributed by atoms with Crippen molar-refractivity contribution in [1.29, 1.82) is 0 Å². The average molecular weight is 487 g/mol. The van der Waals surface area contributed by atoms with E-state index in [2.05, 4.69) is 23.5 Å². The molecule has 0 bridgehead atoms. The maximum Gasteiger partial charge on any atom is 0.344 e. The van der Waals surface area contributed by atoms with Crippen molar-refractivity contribution < 1.29 is 14.3 Å². The van der Waals surface area contributed by atoms with Crippen LogP contribution in [0.3, 0.4) is 0 Å². The minimum absolute atomic E-state index is 0.177. The first-order chi connectivity index (χ1) is 17.7. The number of hydrogen-bond acceptors (Lipinski definition) is 5. The van der Waals surface area contributed by atoms with Crippen molar-refractivity contribution in [3.8, 4) is 22.9 Å². The summed E-state index contributed by atoms with van der Waals surface area (Å²) >= 11 is 0. The van der Waals surface area contributed by atoms with E-state index in [0.29, 0.717) is 11.3 Å². The number of hydrogen-bond donors (Lipinski definition) is 0. The summed E-state index contributed by atoms with van der Waals surface area (Å²) in [4.78, 5) is 21.2. The van der Waals surface area contributed by atoms with Crippen molar-refractivity contribution in [2.45, 2.75) is 71.1 Å². The Morgan fingerprint density at radius 1 is 0.861 bits per heavy atom. The Kier molecular flexibility index (Phi) is 11.7. The van der Waals surface area contributed by atoms with Crippen molar-refractivity contribution in [3.63, 3.8) is 0 Å². The van der Waals surface area contributed by atoms with E-state index in [4.69, 9.17) is 9.47 Å². The average Bonchev–Trinajstić information content (AvgIpc) is 2.92. The van der Waals surface area contributed by atoms with Crippen LogP contribution in [0.2, 0.25) is 0 Å². The molecule has 0 aliphatic rings. The Bertz CT molecular complexity index is 1040. The number of unbranched alkanes of at least 4 members (excludes halogenated alkanes) is 7. The first-order valence-electron chi connectivity index (χ1n) is 13.2. The molecule has 0 saturated heterocycles. The number of rotatable bonds is 16. The fraction of sp³-hybridized carbons (Fsp3) is 0.387. The van der Waals surface area contributed by atoms with Crippen LogP contribution in [0.25, 0.3) is 11.3 Å². The topological polar surface area (TPSA) is 61.3 Å². The molecule has 0 aliphatic carbocycles. The third kappa shape index (κ3) is 9.29. The molecule has 0 N–H and O–H groups in total. The smallest absolute Gasteiger partial charge is 0.344 e. The normalized spacial score (nSPS) is 10.7. The standard InChI is InChI=1S/C31H38N2O3/c1-3-5-7-9-10-12-22-35-28-20-18-26(19-21-28)29-23-33-30(24-32-29)36-31(34)27-16-14-25(15-17-27)13-11-8-6-4-2/h4,14-21,23-24H,2-3,5-13,22H2,1H3. The zero-order valence-corrected chi connectivity index (χ0v) is 21.5. The number of nitrogens with zero attached hydrogens (tertiary/aromatic N) is 2. The third-order valence-corrected chi connectivity index (χ3v) is 6.06. The Labute approximate surface area is 215 Å². The summed E-state index contributed by atoms with van der Waals surface area (Å²) in [6.45, 7) is 6.72. The number of carbonyl (C=O) groups excluding carboxylic acids is 1. The molecule has 0 atom stereocenters. The van der Waals surface area contributed by atoms with E-state index < -0.39 is 5.97 Å². The molecule has 0 spiro atoms. The Morgan fingerprint density at radius 2 is 1.61 bits per heavy atom. The fourth-order valence-corrected chi connectivity index (χ4v) is 3.89. The highest BCUT2D eigenvalue weighted by molar-refractivity contribution is 5.90. The third-order valence-electron chi connectivity index (χ3n) is 6.06. The lowest BCUT2D eigenvalue weighted by atomic mass is 10.1. The van der Waals surface area contributed by atoms with Crippen LogP contribution in [-0.4, -0.2) is 22.5 Å². The van der Waals surface area contributed by atoms with Gasteiger partial charge < -0.3 is 9.47 Å². The zero-order valence-electron chi connectivity index (χ0n) is 21.5. The molecule has 0 aliphatic heterocycles. The number of ether oxygens (including phenoxy) is 2. The van der Waals surface area contributed by atoms with Gasteiger partial charge in [-0.3, -0.25) is 0 Å². The number of aryl methyl sites for hydroxylation is 1. The quantitative estimate of drug-likeness (QED) is 0.117. The SMILES string of the molecule is C=CCCCCc1ccc(C(=O)Oc2cnc(-c3ccc(OCCCCCCCC)cc3)cn2)cc1. The van der Waals surface area contributed by atoms with Crippen LogP contribution in [-0.2, 0) is 6.42 Å². The zero-order chi connectivity index (χ0) is 25.4. The summed E-state index contributed by atoms with van der Waals surface area (Å²) < 4.78 is 11.3. The molecule has 0 amide bonds. The van der Waals surface area contributed by atoms with Crippen molar-refractivity contribution in [2.75, 3.05) is 6.61 Å². The summed E-state index contributed by atoms with van der Waals surface area (Å²) in [5.74, 6) is 0.590. The number of benzene rings is 2. The van der Waals surface area contributed by atoms with Crippen LogP contribution in [0.5, 0.6) is 11.6 Å². The fourth-order valence-electron chi connectivity index (χ4n) is 3.89. The van der Waals surface area contributed by atoms with Gasteiger partial charge in [0.25, 0.3) is 0 Å². The second-order valence-corrected chi connectivity index (χ2v) is 9.00. The van der Waals surface area contributed by atoms with Gasteiger partial charge in [0.1, 0.15) is 5.75 Å². The second kappa shape index (κ2) is 15.5. The molecular weight excluding hydrogens is 448 g/mol. The van der Waals surface area contributed by atoms with Gasteiger partial charge in [-0.2, -0.15) is 0 Å². The van der Waals surface area contributed by atoms with E-state index >= 15 is 0 Å². The highest BCUT2D eigenvalue weighted by atomic mass is 16.5. The lowest BCUT2D eigenvalue weighted by molar-refractivity contribution is 0.0727. The lowest BCUT2D eigenvalue weighted by Crippen LogP contribution is -2.09. The molecule has 0 radical (unpaired) electrons. The molecule has 1 heterocycles. The maximum atomic E-state index is 12.5. The van der Waals surface area contributed by atoms with Crippen molar-refractivity contribution in [1.82, 2.24) is 9.97 Å². The summed E-state index contributed by atoms with van der Waals surface area (Å²) in [5, 5.41) is 0. The van der Waals surface area contributed by atoms with Gasteiger partial charge in [0.2, 0.25) is 5.88 Å². The predicted molar refractivity (Wildman–Crippen MR) is 145 cm³/mol. The summed E-state index contributed by atoms with van der Waals surface area (Å²) in [5.41, 5.74) is 3.33. The van der Waals surface area contributed by atoms with Gasteiger partial charge in [-0.05, 0) is 74.1 Å². The maximum absolute atomic E-state index is 12.5. The minimum Gasteiger partial charge on any atom is -0.494 e. The van der Waals surface area contributed by atoms with Crippen LogP contribution < -0.4 is 9.47 Å².